The average Bonchev–Trinajstić information content (AvgIpc) is 3.28. The maximum atomic E-state index is 13.9. The minimum atomic E-state index is -0.670. The number of carbonyl (C=O) groups is 1. The lowest BCUT2D eigenvalue weighted by molar-refractivity contribution is -0.125. The number of anilines is 1. The number of halogens is 3. The molecule has 1 aliphatic heterocycles. The van der Waals surface area contributed by atoms with Gasteiger partial charge < -0.3 is 10.2 Å². The molecule has 1 atom stereocenters. The number of hydrogen-bond acceptors (Lipinski definition) is 4. The van der Waals surface area contributed by atoms with Crippen molar-refractivity contribution in [3.05, 3.63) is 83.1 Å². The number of hydrogen-bond donors (Lipinski definition) is 1. The van der Waals surface area contributed by atoms with Crippen LogP contribution in [-0.4, -0.2) is 33.6 Å². The van der Waals surface area contributed by atoms with Crippen LogP contribution in [0.15, 0.2) is 60.9 Å². The lowest BCUT2D eigenvalue weighted by Gasteiger charge is -2.33. The Morgan fingerprint density at radius 3 is 2.85 bits per heavy atom. The molecular formula is C25H22ClF2N5O. The lowest BCUT2D eigenvalue weighted by atomic mass is 9.97. The van der Waals surface area contributed by atoms with Gasteiger partial charge in [-0.05, 0) is 31.0 Å². The summed E-state index contributed by atoms with van der Waals surface area (Å²) in [4.78, 5) is 19.5. The van der Waals surface area contributed by atoms with Crippen LogP contribution in [0.4, 0.5) is 14.6 Å². The van der Waals surface area contributed by atoms with Crippen LogP contribution >= 0.6 is 11.6 Å². The van der Waals surface area contributed by atoms with Crippen LogP contribution in [0.2, 0.25) is 5.02 Å². The molecule has 5 rings (SSSR count). The van der Waals surface area contributed by atoms with Gasteiger partial charge in [0.1, 0.15) is 17.2 Å². The Balaban J connectivity index is 1.33. The van der Waals surface area contributed by atoms with Crippen molar-refractivity contribution in [2.75, 3.05) is 18.0 Å². The SMILES string of the molecule is O=C(NCc1ccc(F)cc1F)C1CCCN(c2nccn3nc(-c4ccccc4Cl)cc23)C1. The molecule has 174 valence electrons. The minimum absolute atomic E-state index is 0.0130. The summed E-state index contributed by atoms with van der Waals surface area (Å²) in [5.74, 6) is -1.00. The zero-order chi connectivity index (χ0) is 23.7. The Morgan fingerprint density at radius 2 is 2.03 bits per heavy atom. The number of nitrogens with one attached hydrogen (secondary N) is 1. The molecule has 0 spiro atoms. The molecular weight excluding hydrogens is 460 g/mol. The highest BCUT2D eigenvalue weighted by Crippen LogP contribution is 2.31. The van der Waals surface area contributed by atoms with E-state index in [9.17, 15) is 13.6 Å². The van der Waals surface area contributed by atoms with E-state index in [0.29, 0.717) is 11.6 Å². The summed E-state index contributed by atoms with van der Waals surface area (Å²) in [6.07, 6.45) is 5.01. The highest BCUT2D eigenvalue weighted by atomic mass is 35.5. The van der Waals surface area contributed by atoms with Gasteiger partial charge in [-0.2, -0.15) is 5.10 Å². The van der Waals surface area contributed by atoms with Crippen molar-refractivity contribution in [1.29, 1.82) is 0 Å². The molecule has 6 nitrogen and oxygen atoms in total. The molecule has 0 radical (unpaired) electrons. The molecule has 1 saturated heterocycles. The second kappa shape index (κ2) is 9.38. The zero-order valence-electron chi connectivity index (χ0n) is 18.2. The number of piperidine rings is 1. The van der Waals surface area contributed by atoms with Gasteiger partial charge in [0, 0.05) is 49.2 Å². The van der Waals surface area contributed by atoms with E-state index in [1.165, 1.54) is 12.1 Å². The fourth-order valence-corrected chi connectivity index (χ4v) is 4.56. The van der Waals surface area contributed by atoms with Gasteiger partial charge in [-0.15, -0.1) is 0 Å². The molecule has 2 aromatic carbocycles. The molecule has 1 N–H and O–H groups in total. The van der Waals surface area contributed by atoms with E-state index < -0.39 is 11.6 Å². The van der Waals surface area contributed by atoms with Crippen molar-refractivity contribution in [1.82, 2.24) is 19.9 Å². The largest absolute Gasteiger partial charge is 0.354 e. The van der Waals surface area contributed by atoms with Crippen LogP contribution in [0.25, 0.3) is 16.8 Å². The van der Waals surface area contributed by atoms with Crippen molar-refractivity contribution in [3.8, 4) is 11.3 Å². The van der Waals surface area contributed by atoms with Crippen LogP contribution < -0.4 is 10.2 Å². The van der Waals surface area contributed by atoms with Crippen molar-refractivity contribution in [2.45, 2.75) is 19.4 Å². The number of aromatic nitrogens is 3. The van der Waals surface area contributed by atoms with Crippen LogP contribution in [-0.2, 0) is 11.3 Å². The first-order chi connectivity index (χ1) is 16.5. The van der Waals surface area contributed by atoms with Gasteiger partial charge in [0.2, 0.25) is 5.91 Å². The Labute approximate surface area is 200 Å². The van der Waals surface area contributed by atoms with Crippen LogP contribution in [0.3, 0.4) is 0 Å². The fourth-order valence-electron chi connectivity index (χ4n) is 4.33. The predicted octanol–water partition coefficient (Wildman–Crippen LogP) is 4.86. The molecule has 4 aromatic rings. The number of carbonyl (C=O) groups excluding carboxylic acids is 1. The third kappa shape index (κ3) is 4.46. The maximum Gasteiger partial charge on any atom is 0.225 e. The first-order valence-corrected chi connectivity index (χ1v) is 11.4. The number of fused-ring (bicyclic) bond motifs is 1. The van der Waals surface area contributed by atoms with E-state index in [-0.39, 0.29) is 23.9 Å². The molecule has 1 unspecified atom stereocenters. The van der Waals surface area contributed by atoms with Crippen molar-refractivity contribution >= 4 is 28.8 Å². The van der Waals surface area contributed by atoms with E-state index in [4.69, 9.17) is 11.6 Å². The van der Waals surface area contributed by atoms with Gasteiger partial charge in [0.05, 0.1) is 16.6 Å². The molecule has 2 aromatic heterocycles. The van der Waals surface area contributed by atoms with Crippen molar-refractivity contribution in [2.24, 2.45) is 5.92 Å². The van der Waals surface area contributed by atoms with E-state index in [0.717, 1.165) is 48.0 Å². The third-order valence-electron chi connectivity index (χ3n) is 6.08. The molecule has 0 aliphatic carbocycles. The second-order valence-corrected chi connectivity index (χ2v) is 8.74. The van der Waals surface area contributed by atoms with E-state index in [1.54, 1.807) is 16.9 Å². The molecule has 34 heavy (non-hydrogen) atoms. The second-order valence-electron chi connectivity index (χ2n) is 8.33. The van der Waals surface area contributed by atoms with Crippen LogP contribution in [0.5, 0.6) is 0 Å². The smallest absolute Gasteiger partial charge is 0.225 e. The number of rotatable bonds is 5. The molecule has 1 amide bonds. The summed E-state index contributed by atoms with van der Waals surface area (Å²) in [5, 5.41) is 8.06. The minimum Gasteiger partial charge on any atom is -0.354 e. The zero-order valence-corrected chi connectivity index (χ0v) is 19.0. The predicted molar refractivity (Wildman–Crippen MR) is 127 cm³/mol. The first kappa shape index (κ1) is 22.3. The molecule has 1 aliphatic rings. The van der Waals surface area contributed by atoms with Crippen molar-refractivity contribution in [3.63, 3.8) is 0 Å². The highest BCUT2D eigenvalue weighted by molar-refractivity contribution is 6.33. The molecule has 9 heteroatoms. The number of nitrogens with zero attached hydrogens (tertiary/aromatic N) is 4. The normalized spacial score (nSPS) is 16.1. The summed E-state index contributed by atoms with van der Waals surface area (Å²) < 4.78 is 28.8. The van der Waals surface area contributed by atoms with E-state index >= 15 is 0 Å². The summed E-state index contributed by atoms with van der Waals surface area (Å²) in [5.41, 5.74) is 2.65. The fraction of sp³-hybridized carbons (Fsp3) is 0.240. The van der Waals surface area contributed by atoms with E-state index in [1.807, 2.05) is 30.3 Å². The summed E-state index contributed by atoms with van der Waals surface area (Å²) in [6, 6.07) is 12.8. The Hall–Kier alpha value is -3.52. The average molecular weight is 482 g/mol. The van der Waals surface area contributed by atoms with Gasteiger partial charge >= 0.3 is 0 Å². The van der Waals surface area contributed by atoms with Gasteiger partial charge in [0.25, 0.3) is 0 Å². The quantitative estimate of drug-likeness (QED) is 0.442. The van der Waals surface area contributed by atoms with Crippen LogP contribution in [0.1, 0.15) is 18.4 Å². The Morgan fingerprint density at radius 1 is 1.18 bits per heavy atom. The molecule has 0 saturated carbocycles. The highest BCUT2D eigenvalue weighted by Gasteiger charge is 2.28. The lowest BCUT2D eigenvalue weighted by Crippen LogP contribution is -2.43. The monoisotopic (exact) mass is 481 g/mol. The number of amides is 1. The first-order valence-electron chi connectivity index (χ1n) is 11.1. The van der Waals surface area contributed by atoms with Crippen LogP contribution in [0, 0.1) is 17.6 Å². The van der Waals surface area contributed by atoms with Crippen molar-refractivity contribution < 1.29 is 13.6 Å². The summed E-state index contributed by atoms with van der Waals surface area (Å²) in [6.45, 7) is 1.26. The maximum absolute atomic E-state index is 13.9. The van der Waals surface area contributed by atoms with Gasteiger partial charge in [-0.25, -0.2) is 18.3 Å². The van der Waals surface area contributed by atoms with Gasteiger partial charge in [0.15, 0.2) is 5.82 Å². The Kier molecular flexibility index (Phi) is 6.15. The molecule has 3 heterocycles. The molecule has 0 bridgehead atoms. The third-order valence-corrected chi connectivity index (χ3v) is 6.41. The number of benzene rings is 2. The topological polar surface area (TPSA) is 62.5 Å². The summed E-state index contributed by atoms with van der Waals surface area (Å²) >= 11 is 6.36. The summed E-state index contributed by atoms with van der Waals surface area (Å²) in [7, 11) is 0. The standard InChI is InChI=1S/C25H22ClF2N5O/c26-20-6-2-1-5-19(20)22-13-23-24(29-9-11-33(23)31-22)32-10-3-4-17(15-32)25(34)30-14-16-7-8-18(27)12-21(16)28/h1-2,5-9,11-13,17H,3-4,10,14-15H2,(H,30,34). The Bertz CT molecular complexity index is 1360. The van der Waals surface area contributed by atoms with Gasteiger partial charge in [-0.3, -0.25) is 4.79 Å². The van der Waals surface area contributed by atoms with Gasteiger partial charge in [-0.1, -0.05) is 35.9 Å². The molecule has 1 fully saturated rings. The van der Waals surface area contributed by atoms with E-state index in [2.05, 4.69) is 20.3 Å².